The summed E-state index contributed by atoms with van der Waals surface area (Å²) in [5, 5.41) is 0. The number of unbranched alkanes of at least 4 members (excludes halogenated alkanes) is 3. The Bertz CT molecular complexity index is 176. The van der Waals surface area contributed by atoms with E-state index in [4.69, 9.17) is 9.11 Å². The molecule has 0 atom stereocenters. The van der Waals surface area contributed by atoms with Crippen molar-refractivity contribution in [3.8, 4) is 0 Å². The number of hydrogen-bond donors (Lipinski definition) is 2. The second-order valence-electron chi connectivity index (χ2n) is 2.93. The Balaban J connectivity index is 3.19. The van der Waals surface area contributed by atoms with Gasteiger partial charge in [0.1, 0.15) is 0 Å². The quantitative estimate of drug-likeness (QED) is 0.656. The Morgan fingerprint density at radius 3 is 2.43 bits per heavy atom. The van der Waals surface area contributed by atoms with Crippen LogP contribution >= 0.6 is 10.9 Å². The van der Waals surface area contributed by atoms with Gasteiger partial charge in [-0.1, -0.05) is 6.42 Å². The highest BCUT2D eigenvalue weighted by molar-refractivity contribution is 8.19. The van der Waals surface area contributed by atoms with Crippen LogP contribution in [0.5, 0.6) is 0 Å². The molecule has 2 N–H and O–H groups in total. The molecule has 0 aliphatic rings. The standard InChI is InChI=1S/C8H16F2O3S/c1-14(11,12)13-7-5-3-2-4-6-8(9)10/h6,11-12H,2-5,7H2,1H3. The van der Waals surface area contributed by atoms with Crippen LogP contribution in [0.1, 0.15) is 25.7 Å². The van der Waals surface area contributed by atoms with Crippen LogP contribution in [-0.4, -0.2) is 22.0 Å². The van der Waals surface area contributed by atoms with Crippen molar-refractivity contribution in [1.29, 1.82) is 0 Å². The number of hydrogen-bond acceptors (Lipinski definition) is 3. The largest absolute Gasteiger partial charge is 0.308 e. The van der Waals surface area contributed by atoms with Crippen LogP contribution in [0.4, 0.5) is 8.78 Å². The maximum Gasteiger partial charge on any atom is 0.266 e. The predicted octanol–water partition coefficient (Wildman–Crippen LogP) is 3.64. The molecule has 0 bridgehead atoms. The minimum absolute atomic E-state index is 0.251. The number of rotatable bonds is 7. The van der Waals surface area contributed by atoms with Crippen molar-refractivity contribution >= 4 is 10.9 Å². The zero-order chi connectivity index (χ0) is 11.0. The average molecular weight is 230 g/mol. The normalized spacial score (nSPS) is 12.6. The van der Waals surface area contributed by atoms with Gasteiger partial charge in [-0.15, -0.1) is 0 Å². The molecule has 0 amide bonds. The molecular formula is C8H16F2O3S. The fourth-order valence-corrected chi connectivity index (χ4v) is 1.28. The first-order chi connectivity index (χ1) is 6.42. The molecule has 0 radical (unpaired) electrons. The molecule has 0 rings (SSSR count). The van der Waals surface area contributed by atoms with Crippen molar-refractivity contribution in [3.63, 3.8) is 0 Å². The summed E-state index contributed by atoms with van der Waals surface area (Å²) in [4.78, 5) is 0. The van der Waals surface area contributed by atoms with E-state index >= 15 is 0 Å². The summed E-state index contributed by atoms with van der Waals surface area (Å²) in [7, 11) is -2.86. The zero-order valence-electron chi connectivity index (χ0n) is 8.08. The minimum Gasteiger partial charge on any atom is -0.308 e. The van der Waals surface area contributed by atoms with Gasteiger partial charge < -0.3 is 9.11 Å². The van der Waals surface area contributed by atoms with Gasteiger partial charge in [-0.25, -0.2) is 0 Å². The van der Waals surface area contributed by atoms with E-state index < -0.39 is 17.0 Å². The highest BCUT2D eigenvalue weighted by atomic mass is 32.3. The first kappa shape index (κ1) is 13.8. The molecule has 0 aromatic heterocycles. The summed E-state index contributed by atoms with van der Waals surface area (Å²) >= 11 is 0. The van der Waals surface area contributed by atoms with Crippen molar-refractivity contribution in [1.82, 2.24) is 0 Å². The molecule has 0 spiro atoms. The topological polar surface area (TPSA) is 49.7 Å². The van der Waals surface area contributed by atoms with Gasteiger partial charge in [-0.05, 0) is 25.3 Å². The van der Waals surface area contributed by atoms with Crippen molar-refractivity contribution in [2.45, 2.75) is 25.7 Å². The SMILES string of the molecule is CS(O)(O)OCCCCCC=C(F)F. The van der Waals surface area contributed by atoms with Crippen molar-refractivity contribution in [2.75, 3.05) is 12.9 Å². The van der Waals surface area contributed by atoms with Gasteiger partial charge in [0.2, 0.25) is 0 Å². The van der Waals surface area contributed by atoms with E-state index in [1.54, 1.807) is 0 Å². The third-order valence-corrected chi connectivity index (χ3v) is 2.07. The monoisotopic (exact) mass is 230 g/mol. The van der Waals surface area contributed by atoms with Crippen LogP contribution in [0.2, 0.25) is 0 Å². The predicted molar refractivity (Wildman–Crippen MR) is 53.5 cm³/mol. The van der Waals surface area contributed by atoms with Crippen LogP contribution in [-0.2, 0) is 4.18 Å². The highest BCUT2D eigenvalue weighted by Gasteiger charge is 2.06. The van der Waals surface area contributed by atoms with Crippen LogP contribution in [0, 0.1) is 0 Å². The number of allylic oxidation sites excluding steroid dienone is 1. The van der Waals surface area contributed by atoms with E-state index in [-0.39, 0.29) is 6.61 Å². The summed E-state index contributed by atoms with van der Waals surface area (Å²) < 4.78 is 45.4. The lowest BCUT2D eigenvalue weighted by atomic mass is 10.2. The molecule has 0 aliphatic heterocycles. The molecule has 0 aromatic rings. The van der Waals surface area contributed by atoms with E-state index in [2.05, 4.69) is 4.18 Å². The summed E-state index contributed by atoms with van der Waals surface area (Å²) in [5.41, 5.74) is 0. The Labute approximate surface area is 84.3 Å². The lowest BCUT2D eigenvalue weighted by molar-refractivity contribution is 0.261. The third kappa shape index (κ3) is 11.8. The molecule has 0 saturated carbocycles. The molecule has 0 unspecified atom stereocenters. The lowest BCUT2D eigenvalue weighted by Gasteiger charge is -2.20. The molecule has 14 heavy (non-hydrogen) atoms. The van der Waals surface area contributed by atoms with Crippen molar-refractivity contribution in [2.24, 2.45) is 0 Å². The van der Waals surface area contributed by atoms with E-state index in [1.165, 1.54) is 6.26 Å². The van der Waals surface area contributed by atoms with E-state index in [9.17, 15) is 8.78 Å². The Kier molecular flexibility index (Phi) is 7.08. The summed E-state index contributed by atoms with van der Waals surface area (Å²) in [6.07, 6.45) is 2.82. The van der Waals surface area contributed by atoms with Crippen LogP contribution in [0.3, 0.4) is 0 Å². The van der Waals surface area contributed by atoms with Crippen LogP contribution < -0.4 is 0 Å². The molecule has 0 aliphatic carbocycles. The zero-order valence-corrected chi connectivity index (χ0v) is 8.90. The van der Waals surface area contributed by atoms with E-state index in [1.807, 2.05) is 0 Å². The molecule has 0 aromatic carbocycles. The van der Waals surface area contributed by atoms with Gasteiger partial charge in [0.25, 0.3) is 6.08 Å². The maximum atomic E-state index is 11.5. The fraction of sp³-hybridized carbons (Fsp3) is 0.750. The Morgan fingerprint density at radius 1 is 1.29 bits per heavy atom. The summed E-state index contributed by atoms with van der Waals surface area (Å²) in [5.74, 6) is 0. The summed E-state index contributed by atoms with van der Waals surface area (Å²) in [6, 6.07) is 0. The van der Waals surface area contributed by atoms with Gasteiger partial charge in [0, 0.05) is 6.26 Å². The minimum atomic E-state index is -2.86. The third-order valence-electron chi connectivity index (χ3n) is 1.45. The second kappa shape index (κ2) is 7.17. The molecular weight excluding hydrogens is 214 g/mol. The fourth-order valence-electron chi connectivity index (χ4n) is 0.851. The molecule has 86 valence electrons. The van der Waals surface area contributed by atoms with Gasteiger partial charge in [-0.3, -0.25) is 4.18 Å². The maximum absolute atomic E-state index is 11.5. The lowest BCUT2D eigenvalue weighted by Crippen LogP contribution is -2.01. The highest BCUT2D eigenvalue weighted by Crippen LogP contribution is 2.34. The Morgan fingerprint density at radius 2 is 1.93 bits per heavy atom. The van der Waals surface area contributed by atoms with Crippen LogP contribution in [0.25, 0.3) is 0 Å². The van der Waals surface area contributed by atoms with Gasteiger partial charge in [0.15, 0.2) is 0 Å². The summed E-state index contributed by atoms with van der Waals surface area (Å²) in [6.45, 7) is 0.251. The molecule has 0 heterocycles. The van der Waals surface area contributed by atoms with Gasteiger partial charge in [-0.2, -0.15) is 8.78 Å². The smallest absolute Gasteiger partial charge is 0.266 e. The first-order valence-corrected chi connectivity index (χ1v) is 6.18. The number of halogens is 2. The second-order valence-corrected chi connectivity index (χ2v) is 4.69. The van der Waals surface area contributed by atoms with Crippen molar-refractivity contribution < 1.29 is 22.1 Å². The van der Waals surface area contributed by atoms with Gasteiger partial charge in [0.05, 0.1) is 17.5 Å². The van der Waals surface area contributed by atoms with E-state index in [0.717, 1.165) is 12.5 Å². The molecule has 3 nitrogen and oxygen atoms in total. The Hall–Kier alpha value is -0.170. The molecule has 0 saturated heterocycles. The van der Waals surface area contributed by atoms with Crippen LogP contribution in [0.15, 0.2) is 12.2 Å². The van der Waals surface area contributed by atoms with E-state index in [0.29, 0.717) is 19.3 Å². The van der Waals surface area contributed by atoms with Crippen molar-refractivity contribution in [3.05, 3.63) is 12.2 Å². The average Bonchev–Trinajstić information content (AvgIpc) is 2.00. The molecule has 6 heteroatoms. The first-order valence-electron chi connectivity index (χ1n) is 4.30. The van der Waals surface area contributed by atoms with Gasteiger partial charge >= 0.3 is 0 Å². The molecule has 0 fully saturated rings.